The van der Waals surface area contributed by atoms with Crippen LogP contribution in [-0.4, -0.2) is 21.5 Å². The molecule has 1 heterocycles. The molecule has 3 rings (SSSR count). The maximum atomic E-state index is 10.8. The van der Waals surface area contributed by atoms with Gasteiger partial charge in [0, 0.05) is 17.7 Å². The van der Waals surface area contributed by atoms with E-state index in [1.807, 2.05) is 24.3 Å². The molecule has 29 heavy (non-hydrogen) atoms. The number of nitro benzene ring substituents is 1. The molecule has 0 saturated carbocycles. The zero-order valence-corrected chi connectivity index (χ0v) is 17.0. The molecule has 3 aromatic rings. The molecule has 1 unspecified atom stereocenters. The van der Waals surface area contributed by atoms with Crippen LogP contribution >= 0.6 is 12.4 Å². The summed E-state index contributed by atoms with van der Waals surface area (Å²) in [6.45, 7) is 2.86. The third kappa shape index (κ3) is 6.04. The Morgan fingerprint density at radius 3 is 2.48 bits per heavy atom. The molecule has 0 fully saturated rings. The SMILES string of the molecule is CCCCOc1ccc(CC(N)c2ncc(-c3ccc([N+](=O)[O-])cc3)[nH]2)cc1.Cl. The number of rotatable bonds is 9. The van der Waals surface area contributed by atoms with Gasteiger partial charge in [-0.05, 0) is 42.7 Å². The van der Waals surface area contributed by atoms with Crippen LogP contribution in [0.1, 0.15) is 37.2 Å². The number of ether oxygens (including phenoxy) is 1. The molecular formula is C21H25ClN4O3. The average Bonchev–Trinajstić information content (AvgIpc) is 3.20. The van der Waals surface area contributed by atoms with Crippen molar-refractivity contribution in [3.8, 4) is 17.0 Å². The van der Waals surface area contributed by atoms with Crippen molar-refractivity contribution >= 4 is 18.1 Å². The fourth-order valence-corrected chi connectivity index (χ4v) is 2.84. The summed E-state index contributed by atoms with van der Waals surface area (Å²) >= 11 is 0. The third-order valence-corrected chi connectivity index (χ3v) is 4.48. The Morgan fingerprint density at radius 1 is 1.17 bits per heavy atom. The van der Waals surface area contributed by atoms with Gasteiger partial charge in [0.15, 0.2) is 0 Å². The number of halogens is 1. The standard InChI is InChI=1S/C21H24N4O3.ClH/c1-2-3-12-28-18-10-4-15(5-11-18)13-19(22)21-23-14-20(24-21)16-6-8-17(9-7-16)25(26)27;/h4-11,14,19H,2-3,12-13,22H2,1H3,(H,23,24);1H. The van der Waals surface area contributed by atoms with Gasteiger partial charge in [-0.1, -0.05) is 25.5 Å². The predicted octanol–water partition coefficient (Wildman–Crippen LogP) is 4.83. The molecule has 3 N–H and O–H groups in total. The maximum Gasteiger partial charge on any atom is 0.269 e. The minimum absolute atomic E-state index is 0. The summed E-state index contributed by atoms with van der Waals surface area (Å²) in [6, 6.07) is 14.0. The van der Waals surface area contributed by atoms with Crippen LogP contribution in [0.15, 0.2) is 54.7 Å². The van der Waals surface area contributed by atoms with Crippen molar-refractivity contribution in [3.63, 3.8) is 0 Å². The first-order valence-corrected chi connectivity index (χ1v) is 9.34. The molecular weight excluding hydrogens is 392 g/mol. The number of imidazole rings is 1. The monoisotopic (exact) mass is 416 g/mol. The molecule has 0 aliphatic heterocycles. The Balaban J connectivity index is 0.00000300. The second-order valence-corrected chi connectivity index (χ2v) is 6.64. The first kappa shape index (κ1) is 22.4. The van der Waals surface area contributed by atoms with Crippen molar-refractivity contribution < 1.29 is 9.66 Å². The van der Waals surface area contributed by atoms with Gasteiger partial charge < -0.3 is 15.5 Å². The smallest absolute Gasteiger partial charge is 0.269 e. The van der Waals surface area contributed by atoms with E-state index in [9.17, 15) is 10.1 Å². The first-order chi connectivity index (χ1) is 13.6. The third-order valence-electron chi connectivity index (χ3n) is 4.48. The summed E-state index contributed by atoms with van der Waals surface area (Å²) in [4.78, 5) is 17.9. The van der Waals surface area contributed by atoms with Crippen molar-refractivity contribution in [1.82, 2.24) is 9.97 Å². The number of aromatic nitrogens is 2. The second kappa shape index (κ2) is 10.6. The lowest BCUT2D eigenvalue weighted by molar-refractivity contribution is -0.384. The van der Waals surface area contributed by atoms with Crippen molar-refractivity contribution in [3.05, 3.63) is 76.2 Å². The Morgan fingerprint density at radius 2 is 1.86 bits per heavy atom. The molecule has 0 bridgehead atoms. The highest BCUT2D eigenvalue weighted by molar-refractivity contribution is 5.85. The summed E-state index contributed by atoms with van der Waals surface area (Å²) in [6.07, 6.45) is 4.49. The maximum absolute atomic E-state index is 10.8. The summed E-state index contributed by atoms with van der Waals surface area (Å²) in [5.41, 5.74) is 9.06. The van der Waals surface area contributed by atoms with E-state index in [0.717, 1.165) is 42.0 Å². The number of H-pyrrole nitrogens is 1. The van der Waals surface area contributed by atoms with E-state index in [-0.39, 0.29) is 24.1 Å². The normalized spacial score (nSPS) is 11.5. The molecule has 154 valence electrons. The number of non-ortho nitro benzene ring substituents is 1. The highest BCUT2D eigenvalue weighted by atomic mass is 35.5. The Kier molecular flexibility index (Phi) is 8.18. The van der Waals surface area contributed by atoms with Crippen LogP contribution in [0.4, 0.5) is 5.69 Å². The van der Waals surface area contributed by atoms with Crippen LogP contribution in [0.25, 0.3) is 11.3 Å². The largest absolute Gasteiger partial charge is 0.494 e. The molecule has 0 spiro atoms. The lowest BCUT2D eigenvalue weighted by atomic mass is 10.1. The van der Waals surface area contributed by atoms with Crippen LogP contribution in [0.3, 0.4) is 0 Å². The average molecular weight is 417 g/mol. The minimum Gasteiger partial charge on any atom is -0.494 e. The van der Waals surface area contributed by atoms with E-state index < -0.39 is 4.92 Å². The first-order valence-electron chi connectivity index (χ1n) is 9.34. The van der Waals surface area contributed by atoms with Gasteiger partial charge in [-0.15, -0.1) is 12.4 Å². The number of benzene rings is 2. The minimum atomic E-state index is -0.418. The lowest BCUT2D eigenvalue weighted by Gasteiger charge is -2.10. The van der Waals surface area contributed by atoms with Gasteiger partial charge in [-0.25, -0.2) is 4.98 Å². The number of nitrogens with two attached hydrogens (primary N) is 1. The number of hydrogen-bond donors (Lipinski definition) is 2. The number of aromatic amines is 1. The molecule has 0 saturated heterocycles. The second-order valence-electron chi connectivity index (χ2n) is 6.64. The molecule has 0 aliphatic carbocycles. The zero-order valence-electron chi connectivity index (χ0n) is 16.2. The molecule has 7 nitrogen and oxygen atoms in total. The molecule has 2 aromatic carbocycles. The zero-order chi connectivity index (χ0) is 19.9. The van der Waals surface area contributed by atoms with Gasteiger partial charge in [0.1, 0.15) is 11.6 Å². The Hall–Kier alpha value is -2.90. The summed E-state index contributed by atoms with van der Waals surface area (Å²) in [5.74, 6) is 1.54. The van der Waals surface area contributed by atoms with Crippen molar-refractivity contribution in [2.24, 2.45) is 5.73 Å². The van der Waals surface area contributed by atoms with E-state index in [4.69, 9.17) is 10.5 Å². The fourth-order valence-electron chi connectivity index (χ4n) is 2.84. The fraction of sp³-hybridized carbons (Fsp3) is 0.286. The Labute approximate surface area is 175 Å². The van der Waals surface area contributed by atoms with E-state index in [0.29, 0.717) is 12.2 Å². The van der Waals surface area contributed by atoms with Gasteiger partial charge in [-0.2, -0.15) is 0 Å². The van der Waals surface area contributed by atoms with Crippen LogP contribution in [0.5, 0.6) is 5.75 Å². The number of nitrogens with zero attached hydrogens (tertiary/aromatic N) is 2. The predicted molar refractivity (Wildman–Crippen MR) is 115 cm³/mol. The van der Waals surface area contributed by atoms with E-state index in [2.05, 4.69) is 16.9 Å². The van der Waals surface area contributed by atoms with E-state index in [1.54, 1.807) is 18.3 Å². The molecule has 1 aromatic heterocycles. The van der Waals surface area contributed by atoms with Gasteiger partial charge >= 0.3 is 0 Å². The molecule has 0 aliphatic rings. The van der Waals surface area contributed by atoms with Gasteiger partial charge in [0.25, 0.3) is 5.69 Å². The quantitative estimate of drug-likeness (QED) is 0.295. The van der Waals surface area contributed by atoms with E-state index in [1.165, 1.54) is 12.1 Å². The van der Waals surface area contributed by atoms with Crippen molar-refractivity contribution in [2.75, 3.05) is 6.61 Å². The van der Waals surface area contributed by atoms with Crippen LogP contribution in [-0.2, 0) is 6.42 Å². The summed E-state index contributed by atoms with van der Waals surface area (Å²) in [5, 5.41) is 10.8. The van der Waals surface area contributed by atoms with E-state index >= 15 is 0 Å². The lowest BCUT2D eigenvalue weighted by Crippen LogP contribution is -2.15. The summed E-state index contributed by atoms with van der Waals surface area (Å²) < 4.78 is 5.67. The van der Waals surface area contributed by atoms with Crippen molar-refractivity contribution in [2.45, 2.75) is 32.2 Å². The van der Waals surface area contributed by atoms with Crippen LogP contribution in [0, 0.1) is 10.1 Å². The van der Waals surface area contributed by atoms with Gasteiger partial charge in [-0.3, -0.25) is 10.1 Å². The number of nitrogens with one attached hydrogen (secondary N) is 1. The van der Waals surface area contributed by atoms with Gasteiger partial charge in [0.2, 0.25) is 0 Å². The van der Waals surface area contributed by atoms with Gasteiger partial charge in [0.05, 0.1) is 29.5 Å². The molecule has 1 atom stereocenters. The number of hydrogen-bond acceptors (Lipinski definition) is 5. The highest BCUT2D eigenvalue weighted by Gasteiger charge is 2.13. The van der Waals surface area contributed by atoms with Crippen molar-refractivity contribution in [1.29, 1.82) is 0 Å². The van der Waals surface area contributed by atoms with Crippen LogP contribution in [0.2, 0.25) is 0 Å². The molecule has 8 heteroatoms. The topological polar surface area (TPSA) is 107 Å². The summed E-state index contributed by atoms with van der Waals surface area (Å²) in [7, 11) is 0. The molecule has 0 radical (unpaired) electrons. The Bertz CT molecular complexity index is 910. The number of unbranched alkanes of at least 4 members (excludes halogenated alkanes) is 1. The van der Waals surface area contributed by atoms with Crippen LogP contribution < -0.4 is 10.5 Å². The number of nitro groups is 1. The highest BCUT2D eigenvalue weighted by Crippen LogP contribution is 2.23. The molecule has 0 amide bonds.